The van der Waals surface area contributed by atoms with Crippen molar-refractivity contribution >= 4 is 16.9 Å². The molecule has 1 aromatic heterocycles. The Morgan fingerprint density at radius 1 is 0.947 bits per heavy atom. The molecule has 1 heterocycles. The van der Waals surface area contributed by atoms with E-state index in [0.717, 1.165) is 25.3 Å². The second-order valence-electron chi connectivity index (χ2n) is 8.13. The van der Waals surface area contributed by atoms with Crippen molar-refractivity contribution in [3.63, 3.8) is 0 Å². The first-order valence-corrected chi connectivity index (χ1v) is 10.9. The lowest BCUT2D eigenvalue weighted by Crippen LogP contribution is -2.13. The molecule has 0 saturated carbocycles. The first kappa shape index (κ1) is 26.1. The summed E-state index contributed by atoms with van der Waals surface area (Å²) < 4.78 is 40.6. The van der Waals surface area contributed by atoms with Gasteiger partial charge in [0.05, 0.1) is 13.5 Å². The van der Waals surface area contributed by atoms with E-state index in [4.69, 9.17) is 9.15 Å². The zero-order valence-corrected chi connectivity index (χ0v) is 19.5. The van der Waals surface area contributed by atoms with E-state index in [2.05, 4.69) is 4.74 Å². The number of esters is 1. The number of aromatic hydroxyl groups is 5. The lowest BCUT2D eigenvalue weighted by atomic mass is 9.86. The van der Waals surface area contributed by atoms with Gasteiger partial charge in [0.2, 0.25) is 11.2 Å². The minimum atomic E-state index is -3.14. The smallest absolute Gasteiger partial charge is 0.387 e. The molecule has 4 aromatic rings. The number of phenols is 4. The van der Waals surface area contributed by atoms with Gasteiger partial charge in [0.1, 0.15) is 28.2 Å². The maximum atomic E-state index is 13.1. The Morgan fingerprint density at radius 2 is 1.68 bits per heavy atom. The van der Waals surface area contributed by atoms with Crippen LogP contribution in [0.5, 0.6) is 34.5 Å². The van der Waals surface area contributed by atoms with Crippen LogP contribution in [0.25, 0.3) is 22.3 Å². The van der Waals surface area contributed by atoms with Crippen molar-refractivity contribution in [1.29, 1.82) is 0 Å². The largest absolute Gasteiger partial charge is 0.507 e. The van der Waals surface area contributed by atoms with Gasteiger partial charge in [-0.25, -0.2) is 0 Å². The summed E-state index contributed by atoms with van der Waals surface area (Å²) in [4.78, 5) is 25.4. The number of alkyl halides is 2. The molecular weight excluding hydrogens is 510 g/mol. The van der Waals surface area contributed by atoms with Crippen molar-refractivity contribution in [1.82, 2.24) is 0 Å². The zero-order chi connectivity index (χ0) is 27.7. The molecule has 38 heavy (non-hydrogen) atoms. The SMILES string of the molecule is COC(=O)C[C@H](c1cccc(OC(F)F)c1)c1c(O)cc(O)c2c(=O)c(O)c(-c3ccc(O)c(O)c3)oc12. The van der Waals surface area contributed by atoms with Crippen molar-refractivity contribution in [2.24, 2.45) is 0 Å². The fourth-order valence-corrected chi connectivity index (χ4v) is 4.09. The minimum absolute atomic E-state index is 0.0533. The predicted molar refractivity (Wildman–Crippen MR) is 128 cm³/mol. The average Bonchev–Trinajstić information content (AvgIpc) is 2.86. The van der Waals surface area contributed by atoms with Crippen molar-refractivity contribution in [3.8, 4) is 45.8 Å². The molecule has 1 atom stereocenters. The Morgan fingerprint density at radius 3 is 2.34 bits per heavy atom. The maximum Gasteiger partial charge on any atom is 0.387 e. The third-order valence-corrected chi connectivity index (χ3v) is 5.81. The number of ether oxygens (including phenoxy) is 2. The van der Waals surface area contributed by atoms with Gasteiger partial charge in [-0.2, -0.15) is 8.78 Å². The maximum absolute atomic E-state index is 13.1. The molecule has 4 rings (SSSR count). The number of hydrogen-bond donors (Lipinski definition) is 5. The van der Waals surface area contributed by atoms with Crippen LogP contribution in [0.3, 0.4) is 0 Å². The molecule has 0 radical (unpaired) electrons. The van der Waals surface area contributed by atoms with Gasteiger partial charge in [-0.1, -0.05) is 12.1 Å². The van der Waals surface area contributed by atoms with Gasteiger partial charge in [-0.3, -0.25) is 9.59 Å². The Bertz CT molecular complexity index is 1600. The van der Waals surface area contributed by atoms with Crippen LogP contribution in [-0.2, 0) is 9.53 Å². The summed E-state index contributed by atoms with van der Waals surface area (Å²) in [5, 5.41) is 50.8. The van der Waals surface area contributed by atoms with Crippen LogP contribution in [0.15, 0.2) is 57.7 Å². The Balaban J connectivity index is 2.05. The van der Waals surface area contributed by atoms with E-state index >= 15 is 0 Å². The quantitative estimate of drug-likeness (QED) is 0.172. The lowest BCUT2D eigenvalue weighted by Gasteiger charge is -2.21. The number of phenolic OH excluding ortho intramolecular Hbond substituents is 4. The van der Waals surface area contributed by atoms with E-state index in [9.17, 15) is 43.9 Å². The molecule has 0 saturated heterocycles. The summed E-state index contributed by atoms with van der Waals surface area (Å²) in [5.41, 5.74) is -1.64. The molecule has 3 aromatic carbocycles. The summed E-state index contributed by atoms with van der Waals surface area (Å²) in [5.74, 6) is -6.12. The predicted octanol–water partition coefficient (Wildman–Crippen LogP) is 4.28. The van der Waals surface area contributed by atoms with Gasteiger partial charge < -0.3 is 39.4 Å². The Labute approximate surface area is 212 Å². The van der Waals surface area contributed by atoms with Gasteiger partial charge in [-0.15, -0.1) is 0 Å². The molecule has 10 nitrogen and oxygen atoms in total. The number of carbonyl (C=O) groups excluding carboxylic acids is 1. The van der Waals surface area contributed by atoms with Gasteiger partial charge in [0, 0.05) is 23.1 Å². The van der Waals surface area contributed by atoms with Crippen LogP contribution in [0.1, 0.15) is 23.5 Å². The fraction of sp³-hybridized carbons (Fsp3) is 0.154. The molecule has 5 N–H and O–H groups in total. The van der Waals surface area contributed by atoms with Crippen LogP contribution < -0.4 is 10.2 Å². The number of rotatable bonds is 7. The second-order valence-corrected chi connectivity index (χ2v) is 8.13. The molecule has 0 aliphatic carbocycles. The monoisotopic (exact) mass is 530 g/mol. The number of halogens is 2. The molecule has 0 fully saturated rings. The summed E-state index contributed by atoms with van der Waals surface area (Å²) >= 11 is 0. The normalized spacial score (nSPS) is 12.0. The Hall–Kier alpha value is -5.00. The highest BCUT2D eigenvalue weighted by Crippen LogP contribution is 2.45. The molecule has 12 heteroatoms. The summed E-state index contributed by atoms with van der Waals surface area (Å²) in [6.45, 7) is -3.14. The third-order valence-electron chi connectivity index (χ3n) is 5.81. The summed E-state index contributed by atoms with van der Waals surface area (Å²) in [6.07, 6.45) is -0.470. The van der Waals surface area contributed by atoms with Crippen molar-refractivity contribution in [2.45, 2.75) is 19.0 Å². The van der Waals surface area contributed by atoms with E-state index in [1.165, 1.54) is 30.3 Å². The van der Waals surface area contributed by atoms with Crippen LogP contribution in [0, 0.1) is 0 Å². The van der Waals surface area contributed by atoms with Crippen LogP contribution in [0.4, 0.5) is 8.78 Å². The number of methoxy groups -OCH3 is 1. The fourth-order valence-electron chi connectivity index (χ4n) is 4.09. The first-order chi connectivity index (χ1) is 18.0. The molecule has 0 aliphatic heterocycles. The molecule has 198 valence electrons. The topological polar surface area (TPSA) is 167 Å². The van der Waals surface area contributed by atoms with Gasteiger partial charge in [0.15, 0.2) is 17.3 Å². The Kier molecular flexibility index (Phi) is 6.98. The molecular formula is C26H20F2O10. The molecule has 0 amide bonds. The van der Waals surface area contributed by atoms with Gasteiger partial charge in [-0.05, 0) is 35.9 Å². The van der Waals surface area contributed by atoms with Crippen molar-refractivity contribution < 1.29 is 53.0 Å². The van der Waals surface area contributed by atoms with Crippen LogP contribution >= 0.6 is 0 Å². The van der Waals surface area contributed by atoms with Crippen LogP contribution in [0.2, 0.25) is 0 Å². The average molecular weight is 530 g/mol. The van der Waals surface area contributed by atoms with Crippen LogP contribution in [-0.4, -0.2) is 45.2 Å². The third kappa shape index (κ3) is 4.83. The number of fused-ring (bicyclic) bond motifs is 1. The number of hydrogen-bond acceptors (Lipinski definition) is 10. The second kappa shape index (κ2) is 10.2. The van der Waals surface area contributed by atoms with E-state index in [0.29, 0.717) is 0 Å². The van der Waals surface area contributed by atoms with Crippen molar-refractivity contribution in [3.05, 3.63) is 69.9 Å². The molecule has 0 bridgehead atoms. The highest BCUT2D eigenvalue weighted by Gasteiger charge is 2.30. The zero-order valence-electron chi connectivity index (χ0n) is 19.5. The van der Waals surface area contributed by atoms with Crippen molar-refractivity contribution in [2.75, 3.05) is 7.11 Å². The summed E-state index contributed by atoms with van der Waals surface area (Å²) in [7, 11) is 1.11. The summed E-state index contributed by atoms with van der Waals surface area (Å²) in [6, 6.07) is 9.35. The molecule has 0 aliphatic rings. The standard InChI is InChI=1S/C26H20F2O10/c1-36-19(33)9-14(11-3-2-4-13(7-11)37-26(27)28)20-17(31)10-18(32)21-22(34)23(35)24(38-25(20)21)12-5-6-15(29)16(30)8-12/h2-8,10,14,26,29-32,35H,9H2,1H3/t14-/m1/s1. The highest BCUT2D eigenvalue weighted by molar-refractivity contribution is 5.92. The minimum Gasteiger partial charge on any atom is -0.507 e. The lowest BCUT2D eigenvalue weighted by molar-refractivity contribution is -0.140. The first-order valence-electron chi connectivity index (χ1n) is 10.9. The van der Waals surface area contributed by atoms with Gasteiger partial charge in [0.25, 0.3) is 0 Å². The highest BCUT2D eigenvalue weighted by atomic mass is 19.3. The van der Waals surface area contributed by atoms with E-state index in [1.54, 1.807) is 0 Å². The van der Waals surface area contributed by atoms with Gasteiger partial charge >= 0.3 is 12.6 Å². The number of carbonyl (C=O) groups is 1. The molecule has 0 spiro atoms. The van der Waals surface area contributed by atoms with E-state index in [1.807, 2.05) is 0 Å². The molecule has 0 unspecified atom stereocenters. The van der Waals surface area contributed by atoms with E-state index < -0.39 is 75.8 Å². The van der Waals surface area contributed by atoms with E-state index in [-0.39, 0.29) is 22.4 Å². The number of benzene rings is 3.